The molecule has 0 aliphatic heterocycles. The summed E-state index contributed by atoms with van der Waals surface area (Å²) in [5.41, 5.74) is 3.17. The number of aryl methyl sites for hydroxylation is 2. The molecule has 2 aromatic heterocycles. The molecular weight excluding hydrogens is 250 g/mol. The summed E-state index contributed by atoms with van der Waals surface area (Å²) in [5.74, 6) is 0. The fraction of sp³-hybridized carbons (Fsp3) is 0.438. The number of nitrogens with zero attached hydrogens (tertiary/aromatic N) is 3. The van der Waals surface area contributed by atoms with Crippen LogP contribution in [-0.2, 0) is 10.3 Å². The molecule has 4 heteroatoms. The summed E-state index contributed by atoms with van der Waals surface area (Å²) >= 11 is 0. The molecule has 0 N–H and O–H groups in total. The zero-order valence-corrected chi connectivity index (χ0v) is 13.1. The molecule has 2 heterocycles. The van der Waals surface area contributed by atoms with E-state index < -0.39 is 5.54 Å². The number of pyridine rings is 1. The Morgan fingerprint density at radius 2 is 1.80 bits per heavy atom. The van der Waals surface area contributed by atoms with Crippen molar-refractivity contribution in [3.63, 3.8) is 0 Å². The van der Waals surface area contributed by atoms with Gasteiger partial charge >= 0.3 is 0 Å². The first-order valence-electron chi connectivity index (χ1n) is 6.91. The minimum atomic E-state index is -0.633. The van der Waals surface area contributed by atoms with E-state index in [1.165, 1.54) is 0 Å². The van der Waals surface area contributed by atoms with Gasteiger partial charge in [-0.2, -0.15) is 5.10 Å². The minimum absolute atomic E-state index is 0.633. The summed E-state index contributed by atoms with van der Waals surface area (Å²) in [7, 11) is 0. The molecule has 0 aliphatic rings. The standard InChI is InChI=1S/C14H17N3O.C2H6/c1-10-6-5-7-15-12(10)13-11(2)8-17(16-13)14(3,4)9-18;1-2/h5-9H,1-4H3;1-2H3. The Morgan fingerprint density at radius 3 is 2.35 bits per heavy atom. The van der Waals surface area contributed by atoms with Crippen molar-refractivity contribution in [1.82, 2.24) is 14.8 Å². The van der Waals surface area contributed by atoms with Crippen molar-refractivity contribution in [3.8, 4) is 11.4 Å². The third-order valence-electron chi connectivity index (χ3n) is 3.01. The van der Waals surface area contributed by atoms with Gasteiger partial charge in [-0.05, 0) is 44.9 Å². The first-order valence-corrected chi connectivity index (χ1v) is 6.91. The summed E-state index contributed by atoms with van der Waals surface area (Å²) in [4.78, 5) is 15.4. The molecule has 0 saturated heterocycles. The van der Waals surface area contributed by atoms with Crippen molar-refractivity contribution in [2.45, 2.75) is 47.1 Å². The molecule has 4 nitrogen and oxygen atoms in total. The Morgan fingerprint density at radius 1 is 1.15 bits per heavy atom. The molecule has 0 amide bonds. The Hall–Kier alpha value is -1.97. The van der Waals surface area contributed by atoms with Crippen LogP contribution in [0.25, 0.3) is 11.4 Å². The number of aromatic nitrogens is 3. The third-order valence-corrected chi connectivity index (χ3v) is 3.01. The number of hydrogen-bond donors (Lipinski definition) is 0. The molecule has 0 fully saturated rings. The predicted octanol–water partition coefficient (Wildman–Crippen LogP) is 3.52. The Bertz CT molecular complexity index is 585. The third kappa shape index (κ3) is 3.13. The molecule has 0 saturated carbocycles. The van der Waals surface area contributed by atoms with E-state index in [1.54, 1.807) is 10.9 Å². The number of aldehydes is 1. The second-order valence-electron chi connectivity index (χ2n) is 5.05. The highest BCUT2D eigenvalue weighted by molar-refractivity contribution is 5.64. The largest absolute Gasteiger partial charge is 0.301 e. The lowest BCUT2D eigenvalue weighted by atomic mass is 10.1. The van der Waals surface area contributed by atoms with Gasteiger partial charge in [-0.15, -0.1) is 0 Å². The van der Waals surface area contributed by atoms with Crippen LogP contribution in [0.4, 0.5) is 0 Å². The van der Waals surface area contributed by atoms with Gasteiger partial charge in [0.05, 0.1) is 5.69 Å². The molecule has 0 aromatic carbocycles. The van der Waals surface area contributed by atoms with Crippen LogP contribution in [0.15, 0.2) is 24.5 Å². The predicted molar refractivity (Wildman–Crippen MR) is 81.7 cm³/mol. The fourth-order valence-corrected chi connectivity index (χ4v) is 1.78. The summed E-state index contributed by atoms with van der Waals surface area (Å²) < 4.78 is 1.69. The Balaban J connectivity index is 0.000000956. The molecule has 20 heavy (non-hydrogen) atoms. The summed E-state index contributed by atoms with van der Waals surface area (Å²) in [6.07, 6.45) is 4.54. The van der Waals surface area contributed by atoms with Crippen molar-refractivity contribution in [3.05, 3.63) is 35.7 Å². The molecule has 108 valence electrons. The highest BCUT2D eigenvalue weighted by Gasteiger charge is 2.22. The molecule has 2 aromatic rings. The smallest absolute Gasteiger partial charge is 0.147 e. The topological polar surface area (TPSA) is 47.8 Å². The number of carbonyl (C=O) groups is 1. The van der Waals surface area contributed by atoms with Gasteiger partial charge in [0.15, 0.2) is 0 Å². The maximum Gasteiger partial charge on any atom is 0.147 e. The first kappa shape index (κ1) is 16.1. The summed E-state index contributed by atoms with van der Waals surface area (Å²) in [6.45, 7) is 11.7. The van der Waals surface area contributed by atoms with E-state index >= 15 is 0 Å². The molecular formula is C16H23N3O. The molecule has 0 atom stereocenters. The van der Waals surface area contributed by atoms with Crippen LogP contribution in [-0.4, -0.2) is 21.1 Å². The van der Waals surface area contributed by atoms with Crippen LogP contribution in [0.2, 0.25) is 0 Å². The van der Waals surface area contributed by atoms with E-state index in [0.717, 1.165) is 28.8 Å². The molecule has 0 radical (unpaired) electrons. The average Bonchev–Trinajstić information content (AvgIpc) is 2.84. The van der Waals surface area contributed by atoms with Gasteiger partial charge in [-0.3, -0.25) is 9.67 Å². The monoisotopic (exact) mass is 273 g/mol. The highest BCUT2D eigenvalue weighted by Crippen LogP contribution is 2.24. The minimum Gasteiger partial charge on any atom is -0.301 e. The van der Waals surface area contributed by atoms with Gasteiger partial charge in [0, 0.05) is 12.4 Å². The fourth-order valence-electron chi connectivity index (χ4n) is 1.78. The first-order chi connectivity index (χ1) is 9.45. The number of carbonyl (C=O) groups excluding carboxylic acids is 1. The molecule has 0 aliphatic carbocycles. The maximum atomic E-state index is 11.1. The van der Waals surface area contributed by atoms with Crippen molar-refractivity contribution in [2.75, 3.05) is 0 Å². The quantitative estimate of drug-likeness (QED) is 0.804. The van der Waals surface area contributed by atoms with Gasteiger partial charge < -0.3 is 4.79 Å². The highest BCUT2D eigenvalue weighted by atomic mass is 16.1. The molecule has 0 spiro atoms. The van der Waals surface area contributed by atoms with E-state index in [0.29, 0.717) is 0 Å². The van der Waals surface area contributed by atoms with Crippen molar-refractivity contribution in [1.29, 1.82) is 0 Å². The second kappa shape index (κ2) is 6.46. The van der Waals surface area contributed by atoms with Crippen LogP contribution in [0.5, 0.6) is 0 Å². The lowest BCUT2D eigenvalue weighted by Crippen LogP contribution is -2.28. The van der Waals surface area contributed by atoms with Crippen LogP contribution in [0.1, 0.15) is 38.8 Å². The van der Waals surface area contributed by atoms with Crippen LogP contribution in [0, 0.1) is 13.8 Å². The van der Waals surface area contributed by atoms with E-state index in [1.807, 2.05) is 59.9 Å². The number of rotatable bonds is 3. The van der Waals surface area contributed by atoms with Gasteiger partial charge in [0.25, 0.3) is 0 Å². The van der Waals surface area contributed by atoms with E-state index in [4.69, 9.17) is 0 Å². The molecule has 0 unspecified atom stereocenters. The lowest BCUT2D eigenvalue weighted by molar-refractivity contribution is -0.114. The zero-order chi connectivity index (χ0) is 15.3. The second-order valence-corrected chi connectivity index (χ2v) is 5.05. The van der Waals surface area contributed by atoms with E-state index in [9.17, 15) is 4.79 Å². The molecule has 0 bridgehead atoms. The van der Waals surface area contributed by atoms with Crippen LogP contribution < -0.4 is 0 Å². The summed E-state index contributed by atoms with van der Waals surface area (Å²) in [6, 6.07) is 3.91. The van der Waals surface area contributed by atoms with Gasteiger partial charge in [-0.25, -0.2) is 0 Å². The zero-order valence-electron chi connectivity index (χ0n) is 13.1. The molecule has 2 rings (SSSR count). The van der Waals surface area contributed by atoms with Gasteiger partial charge in [0.2, 0.25) is 0 Å². The SMILES string of the molecule is CC.Cc1cccnc1-c1nn(C(C)(C)C=O)cc1C. The number of hydrogen-bond acceptors (Lipinski definition) is 3. The summed E-state index contributed by atoms with van der Waals surface area (Å²) in [5, 5.41) is 4.51. The normalized spacial score (nSPS) is 10.7. The van der Waals surface area contributed by atoms with Crippen molar-refractivity contribution >= 4 is 6.29 Å². The Kier molecular flexibility index (Phi) is 5.19. The van der Waals surface area contributed by atoms with Crippen LogP contribution in [0.3, 0.4) is 0 Å². The van der Waals surface area contributed by atoms with Crippen molar-refractivity contribution in [2.24, 2.45) is 0 Å². The van der Waals surface area contributed by atoms with Gasteiger partial charge in [-0.1, -0.05) is 19.9 Å². The van der Waals surface area contributed by atoms with E-state index in [2.05, 4.69) is 10.1 Å². The maximum absolute atomic E-state index is 11.1. The average molecular weight is 273 g/mol. The Labute approximate surface area is 120 Å². The lowest BCUT2D eigenvalue weighted by Gasteiger charge is -2.17. The van der Waals surface area contributed by atoms with Gasteiger partial charge in [0.1, 0.15) is 17.5 Å². The van der Waals surface area contributed by atoms with Crippen LogP contribution >= 0.6 is 0 Å². The van der Waals surface area contributed by atoms with E-state index in [-0.39, 0.29) is 0 Å². The van der Waals surface area contributed by atoms with Crippen molar-refractivity contribution < 1.29 is 4.79 Å².